The van der Waals surface area contributed by atoms with Crippen LogP contribution in [0.5, 0.6) is 0 Å². The second kappa shape index (κ2) is 7.02. The summed E-state index contributed by atoms with van der Waals surface area (Å²) in [5, 5.41) is 20.7. The molecule has 2 aromatic carbocycles. The number of non-ortho nitro benzene ring substituents is 1. The number of nitrogens with zero attached hydrogens (tertiary/aromatic N) is 4. The van der Waals surface area contributed by atoms with Crippen molar-refractivity contribution in [2.24, 2.45) is 7.05 Å². The van der Waals surface area contributed by atoms with Crippen LogP contribution in [0.2, 0.25) is 5.02 Å². The van der Waals surface area contributed by atoms with E-state index in [9.17, 15) is 10.1 Å². The van der Waals surface area contributed by atoms with Crippen molar-refractivity contribution in [3.63, 3.8) is 0 Å². The fourth-order valence-electron chi connectivity index (χ4n) is 2.18. The van der Waals surface area contributed by atoms with Gasteiger partial charge in [-0.15, -0.1) is 10.2 Å². The van der Waals surface area contributed by atoms with Crippen molar-refractivity contribution in [1.82, 2.24) is 14.8 Å². The number of nitro benzene ring substituents is 1. The third-order valence-electron chi connectivity index (χ3n) is 3.43. The molecule has 0 atom stereocenters. The molecule has 3 aromatic rings. The van der Waals surface area contributed by atoms with E-state index in [1.165, 1.54) is 12.1 Å². The first-order chi connectivity index (χ1) is 11.5. The average molecular weight is 361 g/mol. The lowest BCUT2D eigenvalue weighted by molar-refractivity contribution is -0.384. The summed E-state index contributed by atoms with van der Waals surface area (Å²) < 4.78 is 1.83. The minimum atomic E-state index is -0.421. The standard InChI is InChI=1S/C16H13ClN4O2S/c1-20-15(12-3-2-4-14(9-12)21(22)23)18-19-16(20)24-10-11-5-7-13(17)8-6-11/h2-9H,10H2,1H3. The highest BCUT2D eigenvalue weighted by Crippen LogP contribution is 2.27. The van der Waals surface area contributed by atoms with E-state index >= 15 is 0 Å². The second-order valence-electron chi connectivity index (χ2n) is 5.09. The van der Waals surface area contributed by atoms with Crippen LogP contribution in [0.25, 0.3) is 11.4 Å². The van der Waals surface area contributed by atoms with E-state index < -0.39 is 4.92 Å². The molecule has 0 spiro atoms. The smallest absolute Gasteiger partial charge is 0.270 e. The highest BCUT2D eigenvalue weighted by atomic mass is 35.5. The molecule has 0 radical (unpaired) electrons. The largest absolute Gasteiger partial charge is 0.305 e. The topological polar surface area (TPSA) is 73.8 Å². The van der Waals surface area contributed by atoms with Crippen LogP contribution in [0.1, 0.15) is 5.56 Å². The molecule has 0 aliphatic rings. The molecule has 24 heavy (non-hydrogen) atoms. The van der Waals surface area contributed by atoms with E-state index in [1.54, 1.807) is 23.9 Å². The Morgan fingerprint density at radius 2 is 1.96 bits per heavy atom. The van der Waals surface area contributed by atoms with Crippen LogP contribution in [-0.2, 0) is 12.8 Å². The van der Waals surface area contributed by atoms with Gasteiger partial charge in [0.25, 0.3) is 5.69 Å². The van der Waals surface area contributed by atoms with Crippen LogP contribution < -0.4 is 0 Å². The third-order valence-corrected chi connectivity index (χ3v) is 4.77. The first-order valence-electron chi connectivity index (χ1n) is 7.06. The fourth-order valence-corrected chi connectivity index (χ4v) is 3.17. The number of halogens is 1. The van der Waals surface area contributed by atoms with Gasteiger partial charge >= 0.3 is 0 Å². The van der Waals surface area contributed by atoms with Crippen LogP contribution in [0.15, 0.2) is 53.7 Å². The van der Waals surface area contributed by atoms with E-state index in [4.69, 9.17) is 11.6 Å². The Hall–Kier alpha value is -2.38. The number of aromatic nitrogens is 3. The number of thioether (sulfide) groups is 1. The van der Waals surface area contributed by atoms with E-state index in [1.807, 2.05) is 35.9 Å². The van der Waals surface area contributed by atoms with Crippen LogP contribution in [-0.4, -0.2) is 19.7 Å². The molecule has 6 nitrogen and oxygen atoms in total. The lowest BCUT2D eigenvalue weighted by Gasteiger charge is -2.04. The van der Waals surface area contributed by atoms with Gasteiger partial charge in [0, 0.05) is 35.5 Å². The molecule has 0 N–H and O–H groups in total. The number of hydrogen-bond acceptors (Lipinski definition) is 5. The molecule has 0 amide bonds. The van der Waals surface area contributed by atoms with Gasteiger partial charge in [0.15, 0.2) is 11.0 Å². The first kappa shape index (κ1) is 16.5. The lowest BCUT2D eigenvalue weighted by atomic mass is 10.2. The van der Waals surface area contributed by atoms with E-state index in [2.05, 4.69) is 10.2 Å². The predicted octanol–water partition coefficient (Wildman–Crippen LogP) is 4.34. The van der Waals surface area contributed by atoms with Gasteiger partial charge in [-0.2, -0.15) is 0 Å². The SMILES string of the molecule is Cn1c(SCc2ccc(Cl)cc2)nnc1-c1cccc([N+](=O)[O-])c1. The van der Waals surface area contributed by atoms with Gasteiger partial charge in [-0.3, -0.25) is 10.1 Å². The maximum atomic E-state index is 10.9. The Balaban J connectivity index is 1.79. The van der Waals surface area contributed by atoms with Crippen molar-refractivity contribution >= 4 is 29.1 Å². The summed E-state index contributed by atoms with van der Waals surface area (Å²) >= 11 is 7.42. The molecule has 1 aromatic heterocycles. The molecular weight excluding hydrogens is 348 g/mol. The Labute approximate surface area is 147 Å². The fraction of sp³-hybridized carbons (Fsp3) is 0.125. The molecular formula is C16H13ClN4O2S. The second-order valence-corrected chi connectivity index (χ2v) is 6.47. The molecule has 0 saturated carbocycles. The average Bonchev–Trinajstić information content (AvgIpc) is 2.95. The van der Waals surface area contributed by atoms with Crippen molar-refractivity contribution in [3.05, 3.63) is 69.2 Å². The number of rotatable bonds is 5. The maximum absolute atomic E-state index is 10.9. The van der Waals surface area contributed by atoms with Crippen LogP contribution in [0.4, 0.5) is 5.69 Å². The van der Waals surface area contributed by atoms with Crippen molar-refractivity contribution in [3.8, 4) is 11.4 Å². The van der Waals surface area contributed by atoms with Gasteiger partial charge in [-0.1, -0.05) is 47.6 Å². The van der Waals surface area contributed by atoms with Crippen LogP contribution >= 0.6 is 23.4 Å². The molecule has 0 aliphatic carbocycles. The molecule has 0 fully saturated rings. The molecule has 0 bridgehead atoms. The zero-order valence-corrected chi connectivity index (χ0v) is 14.3. The van der Waals surface area contributed by atoms with E-state index in [-0.39, 0.29) is 5.69 Å². The molecule has 122 valence electrons. The van der Waals surface area contributed by atoms with Gasteiger partial charge in [0.2, 0.25) is 0 Å². The highest BCUT2D eigenvalue weighted by molar-refractivity contribution is 7.98. The Morgan fingerprint density at radius 1 is 1.21 bits per heavy atom. The zero-order valence-electron chi connectivity index (χ0n) is 12.7. The van der Waals surface area contributed by atoms with Gasteiger partial charge in [-0.05, 0) is 17.7 Å². The summed E-state index contributed by atoms with van der Waals surface area (Å²) in [5.41, 5.74) is 1.83. The molecule has 0 aliphatic heterocycles. The van der Waals surface area contributed by atoms with Gasteiger partial charge in [0.1, 0.15) is 0 Å². The van der Waals surface area contributed by atoms with Crippen LogP contribution in [0, 0.1) is 10.1 Å². The Bertz CT molecular complexity index is 880. The van der Waals surface area contributed by atoms with Crippen molar-refractivity contribution < 1.29 is 4.92 Å². The third kappa shape index (κ3) is 3.58. The molecule has 0 saturated heterocycles. The lowest BCUT2D eigenvalue weighted by Crippen LogP contribution is -1.96. The quantitative estimate of drug-likeness (QED) is 0.384. The first-order valence-corrected chi connectivity index (χ1v) is 8.42. The van der Waals surface area contributed by atoms with E-state index in [0.29, 0.717) is 16.4 Å². The van der Waals surface area contributed by atoms with Crippen LogP contribution in [0.3, 0.4) is 0 Å². The van der Waals surface area contributed by atoms with E-state index in [0.717, 1.165) is 16.5 Å². The number of benzene rings is 2. The summed E-state index contributed by atoms with van der Waals surface area (Å²) in [7, 11) is 1.85. The Kier molecular flexibility index (Phi) is 4.82. The number of hydrogen-bond donors (Lipinski definition) is 0. The summed E-state index contributed by atoms with van der Waals surface area (Å²) in [5.74, 6) is 1.33. The highest BCUT2D eigenvalue weighted by Gasteiger charge is 2.14. The van der Waals surface area contributed by atoms with Gasteiger partial charge < -0.3 is 4.57 Å². The normalized spacial score (nSPS) is 10.8. The summed E-state index contributed by atoms with van der Waals surface area (Å²) in [6, 6.07) is 14.0. The number of nitro groups is 1. The predicted molar refractivity (Wildman–Crippen MR) is 94.1 cm³/mol. The molecule has 3 rings (SSSR count). The van der Waals surface area contributed by atoms with Crippen molar-refractivity contribution in [2.75, 3.05) is 0 Å². The maximum Gasteiger partial charge on any atom is 0.270 e. The molecule has 1 heterocycles. The van der Waals surface area contributed by atoms with Gasteiger partial charge in [-0.25, -0.2) is 0 Å². The van der Waals surface area contributed by atoms with Crippen molar-refractivity contribution in [1.29, 1.82) is 0 Å². The van der Waals surface area contributed by atoms with Gasteiger partial charge in [0.05, 0.1) is 4.92 Å². The summed E-state index contributed by atoms with van der Waals surface area (Å²) in [6.45, 7) is 0. The monoisotopic (exact) mass is 360 g/mol. The minimum absolute atomic E-state index is 0.0332. The molecule has 8 heteroatoms. The Morgan fingerprint density at radius 3 is 2.67 bits per heavy atom. The summed E-state index contributed by atoms with van der Waals surface area (Å²) in [4.78, 5) is 10.5. The molecule has 0 unspecified atom stereocenters. The van der Waals surface area contributed by atoms with Crippen molar-refractivity contribution in [2.45, 2.75) is 10.9 Å². The minimum Gasteiger partial charge on any atom is -0.305 e. The summed E-state index contributed by atoms with van der Waals surface area (Å²) in [6.07, 6.45) is 0. The zero-order chi connectivity index (χ0) is 17.1.